The van der Waals surface area contributed by atoms with Crippen LogP contribution in [0.1, 0.15) is 24.2 Å². The molecular formula is C12H12Cl2N2O5. The van der Waals surface area contributed by atoms with Gasteiger partial charge in [-0.15, -0.1) is 0 Å². The molecular weight excluding hydrogens is 323 g/mol. The summed E-state index contributed by atoms with van der Waals surface area (Å²) in [6.45, 7) is 3.24. The molecule has 7 nitrogen and oxygen atoms in total. The maximum Gasteiger partial charge on any atom is 0.326 e. The zero-order valence-electron chi connectivity index (χ0n) is 11.1. The molecule has 0 unspecified atom stereocenters. The van der Waals surface area contributed by atoms with Crippen LogP contribution in [0.4, 0.5) is 5.69 Å². The summed E-state index contributed by atoms with van der Waals surface area (Å²) in [6, 6.07) is 0.972. The third kappa shape index (κ3) is 4.05. The number of nitro benzene ring substituents is 1. The number of nitro groups is 1. The van der Waals surface area contributed by atoms with Crippen molar-refractivity contribution in [3.8, 4) is 0 Å². The summed E-state index contributed by atoms with van der Waals surface area (Å²) in [4.78, 5) is 33.1. The summed E-state index contributed by atoms with van der Waals surface area (Å²) >= 11 is 11.4. The number of rotatable bonds is 5. The van der Waals surface area contributed by atoms with Gasteiger partial charge < -0.3 is 10.4 Å². The highest BCUT2D eigenvalue weighted by molar-refractivity contribution is 6.43. The highest BCUT2D eigenvalue weighted by Gasteiger charge is 2.26. The van der Waals surface area contributed by atoms with Crippen molar-refractivity contribution in [2.75, 3.05) is 0 Å². The molecule has 0 aliphatic carbocycles. The average Bonchev–Trinajstić information content (AvgIpc) is 2.37. The molecule has 0 heterocycles. The second kappa shape index (κ2) is 6.73. The van der Waals surface area contributed by atoms with E-state index in [9.17, 15) is 19.7 Å². The fourth-order valence-corrected chi connectivity index (χ4v) is 1.97. The van der Waals surface area contributed by atoms with Gasteiger partial charge in [0.2, 0.25) is 0 Å². The SMILES string of the molecule is CC(C)[C@@H](NC(=O)c1cc(Cl)c(Cl)c([N+](=O)[O-])c1)C(=O)O. The van der Waals surface area contributed by atoms with E-state index in [2.05, 4.69) is 5.32 Å². The van der Waals surface area contributed by atoms with Crippen molar-refractivity contribution in [1.29, 1.82) is 0 Å². The van der Waals surface area contributed by atoms with E-state index in [1.54, 1.807) is 13.8 Å². The van der Waals surface area contributed by atoms with Crippen molar-refractivity contribution < 1.29 is 19.6 Å². The second-order valence-corrected chi connectivity index (χ2v) is 5.37. The lowest BCUT2D eigenvalue weighted by Gasteiger charge is -2.18. The van der Waals surface area contributed by atoms with Gasteiger partial charge >= 0.3 is 5.97 Å². The number of amides is 1. The molecule has 2 N–H and O–H groups in total. The number of nitrogens with one attached hydrogen (secondary N) is 1. The van der Waals surface area contributed by atoms with Crippen molar-refractivity contribution in [2.45, 2.75) is 19.9 Å². The summed E-state index contributed by atoms with van der Waals surface area (Å²) in [7, 11) is 0. The molecule has 1 aromatic rings. The Kier molecular flexibility index (Phi) is 5.51. The second-order valence-electron chi connectivity index (χ2n) is 4.58. The molecule has 0 radical (unpaired) electrons. The van der Waals surface area contributed by atoms with E-state index in [0.717, 1.165) is 12.1 Å². The predicted molar refractivity (Wildman–Crippen MR) is 76.8 cm³/mol. The van der Waals surface area contributed by atoms with Crippen molar-refractivity contribution in [2.24, 2.45) is 5.92 Å². The molecule has 0 saturated heterocycles. The van der Waals surface area contributed by atoms with E-state index in [4.69, 9.17) is 28.3 Å². The molecule has 1 amide bonds. The van der Waals surface area contributed by atoms with Gasteiger partial charge in [-0.1, -0.05) is 37.0 Å². The molecule has 9 heteroatoms. The van der Waals surface area contributed by atoms with Crippen molar-refractivity contribution >= 4 is 40.8 Å². The first-order valence-electron chi connectivity index (χ1n) is 5.82. The summed E-state index contributed by atoms with van der Waals surface area (Å²) in [5.74, 6) is -2.34. The number of carbonyl (C=O) groups is 2. The van der Waals surface area contributed by atoms with Gasteiger partial charge in [0.05, 0.1) is 9.95 Å². The number of nitrogens with zero attached hydrogens (tertiary/aromatic N) is 1. The van der Waals surface area contributed by atoms with Crippen LogP contribution in [0.2, 0.25) is 10.0 Å². The van der Waals surface area contributed by atoms with Gasteiger partial charge in [0.15, 0.2) is 0 Å². The van der Waals surface area contributed by atoms with E-state index < -0.39 is 28.5 Å². The van der Waals surface area contributed by atoms with Gasteiger partial charge in [-0.3, -0.25) is 14.9 Å². The number of carboxylic acids is 1. The predicted octanol–water partition coefficient (Wildman–Crippen LogP) is 2.74. The van der Waals surface area contributed by atoms with E-state index in [0.29, 0.717) is 0 Å². The lowest BCUT2D eigenvalue weighted by molar-refractivity contribution is -0.384. The summed E-state index contributed by atoms with van der Waals surface area (Å²) in [5, 5.41) is 21.7. The minimum atomic E-state index is -1.20. The summed E-state index contributed by atoms with van der Waals surface area (Å²) in [6.07, 6.45) is 0. The minimum absolute atomic E-state index is 0.136. The quantitative estimate of drug-likeness (QED) is 0.635. The third-order valence-corrected chi connectivity index (χ3v) is 3.48. The van der Waals surface area contributed by atoms with Crippen LogP contribution in [0.5, 0.6) is 0 Å². The number of hydrogen-bond donors (Lipinski definition) is 2. The van der Waals surface area contributed by atoms with Crippen molar-refractivity contribution in [1.82, 2.24) is 5.32 Å². The van der Waals surface area contributed by atoms with Gasteiger partial charge in [-0.05, 0) is 12.0 Å². The minimum Gasteiger partial charge on any atom is -0.480 e. The number of halogens is 2. The number of carboxylic acid groups (broad SMARTS) is 1. The average molecular weight is 335 g/mol. The first-order valence-corrected chi connectivity index (χ1v) is 6.57. The molecule has 1 atom stereocenters. The molecule has 0 spiro atoms. The largest absolute Gasteiger partial charge is 0.480 e. The van der Waals surface area contributed by atoms with Crippen molar-refractivity contribution in [3.05, 3.63) is 37.9 Å². The molecule has 0 saturated carbocycles. The Bertz CT molecular complexity index is 604. The highest BCUT2D eigenvalue weighted by Crippen LogP contribution is 2.33. The van der Waals surface area contributed by atoms with Crippen LogP contribution < -0.4 is 5.32 Å². The molecule has 0 aromatic heterocycles. The van der Waals surface area contributed by atoms with E-state index >= 15 is 0 Å². The molecule has 1 rings (SSSR count). The van der Waals surface area contributed by atoms with Gasteiger partial charge in [0.1, 0.15) is 11.1 Å². The molecule has 114 valence electrons. The van der Waals surface area contributed by atoms with Gasteiger partial charge in [0, 0.05) is 11.6 Å². The highest BCUT2D eigenvalue weighted by atomic mass is 35.5. The maximum atomic E-state index is 12.0. The third-order valence-electron chi connectivity index (χ3n) is 2.69. The monoisotopic (exact) mass is 334 g/mol. The number of benzene rings is 1. The fourth-order valence-electron chi connectivity index (χ4n) is 1.58. The van der Waals surface area contributed by atoms with Crippen molar-refractivity contribution in [3.63, 3.8) is 0 Å². The van der Waals surface area contributed by atoms with Gasteiger partial charge in [0.25, 0.3) is 11.6 Å². The van der Waals surface area contributed by atoms with Crippen LogP contribution >= 0.6 is 23.2 Å². The summed E-state index contributed by atoms with van der Waals surface area (Å²) in [5.41, 5.74) is -0.659. The number of carbonyl (C=O) groups excluding carboxylic acids is 1. The van der Waals surface area contributed by atoms with E-state index in [-0.39, 0.29) is 21.5 Å². The van der Waals surface area contributed by atoms with E-state index in [1.807, 2.05) is 0 Å². The molecule has 21 heavy (non-hydrogen) atoms. The molecule has 0 fully saturated rings. The normalized spacial score (nSPS) is 12.0. The van der Waals surface area contributed by atoms with Crippen LogP contribution in [0.25, 0.3) is 0 Å². The van der Waals surface area contributed by atoms with Crippen LogP contribution in [-0.4, -0.2) is 27.9 Å². The fraction of sp³-hybridized carbons (Fsp3) is 0.333. The lowest BCUT2D eigenvalue weighted by atomic mass is 10.0. The zero-order valence-corrected chi connectivity index (χ0v) is 12.6. The summed E-state index contributed by atoms with van der Waals surface area (Å²) < 4.78 is 0. The zero-order chi connectivity index (χ0) is 16.3. The van der Waals surface area contributed by atoms with Gasteiger partial charge in [-0.2, -0.15) is 0 Å². The smallest absolute Gasteiger partial charge is 0.326 e. The molecule has 0 bridgehead atoms. The number of aliphatic carboxylic acids is 1. The lowest BCUT2D eigenvalue weighted by Crippen LogP contribution is -2.44. The Labute approximate surface area is 130 Å². The number of hydrogen-bond acceptors (Lipinski definition) is 4. The Morgan fingerprint density at radius 1 is 1.33 bits per heavy atom. The van der Waals surface area contributed by atoms with Crippen LogP contribution in [0, 0.1) is 16.0 Å². The Balaban J connectivity index is 3.14. The molecule has 0 aliphatic rings. The first kappa shape index (κ1) is 17.2. The Morgan fingerprint density at radius 3 is 2.33 bits per heavy atom. The Morgan fingerprint density at radius 2 is 1.90 bits per heavy atom. The van der Waals surface area contributed by atoms with Gasteiger partial charge in [-0.25, -0.2) is 4.79 Å². The maximum absolute atomic E-state index is 12.0. The topological polar surface area (TPSA) is 110 Å². The Hall–Kier alpha value is -1.86. The van der Waals surface area contributed by atoms with Crippen LogP contribution in [0.15, 0.2) is 12.1 Å². The van der Waals surface area contributed by atoms with Crippen LogP contribution in [0.3, 0.4) is 0 Å². The standard InChI is InChI=1S/C12H12Cl2N2O5/c1-5(2)10(12(18)19)15-11(17)6-3-7(13)9(14)8(4-6)16(20)21/h3-5,10H,1-2H3,(H,15,17)(H,18,19)/t10-/m1/s1. The molecule has 0 aliphatic heterocycles. The van der Waals surface area contributed by atoms with Crippen LogP contribution in [-0.2, 0) is 4.79 Å². The first-order chi connectivity index (χ1) is 9.65. The van der Waals surface area contributed by atoms with E-state index in [1.165, 1.54) is 0 Å². The molecule has 1 aromatic carbocycles.